The van der Waals surface area contributed by atoms with Gasteiger partial charge in [0.05, 0.1) is 5.54 Å². The lowest BCUT2D eigenvalue weighted by atomic mass is 9.87. The van der Waals surface area contributed by atoms with Crippen LogP contribution >= 0.6 is 0 Å². The number of carbonyl (C=O) groups excluding carboxylic acids is 1. The van der Waals surface area contributed by atoms with Gasteiger partial charge in [-0.2, -0.15) is 0 Å². The Morgan fingerprint density at radius 1 is 1.00 bits per heavy atom. The van der Waals surface area contributed by atoms with E-state index in [4.69, 9.17) is 11.5 Å². The van der Waals surface area contributed by atoms with Crippen LogP contribution in [0.1, 0.15) is 77.6 Å². The second-order valence-electron chi connectivity index (χ2n) is 7.35. The summed E-state index contributed by atoms with van der Waals surface area (Å²) in [6.45, 7) is 2.69. The number of rotatable bonds is 6. The van der Waals surface area contributed by atoms with Gasteiger partial charge in [0.25, 0.3) is 0 Å². The maximum atomic E-state index is 11.5. The minimum absolute atomic E-state index is 0.380. The minimum Gasteiger partial charge on any atom is -0.368 e. The third-order valence-electron chi connectivity index (χ3n) is 5.54. The molecule has 0 aliphatic heterocycles. The Bertz CT molecular complexity index is 313. The minimum atomic E-state index is -0.873. The van der Waals surface area contributed by atoms with Crippen molar-refractivity contribution >= 4 is 5.91 Å². The molecule has 1 atom stereocenters. The second kappa shape index (κ2) is 7.59. The Hall–Kier alpha value is -0.610. The zero-order chi connectivity index (χ0) is 15.3. The molecule has 2 fully saturated rings. The Labute approximate surface area is 129 Å². The predicted molar refractivity (Wildman–Crippen MR) is 86.9 cm³/mol. The summed E-state index contributed by atoms with van der Waals surface area (Å²) < 4.78 is 0. The van der Waals surface area contributed by atoms with Gasteiger partial charge < -0.3 is 11.5 Å². The third kappa shape index (κ3) is 4.68. The molecule has 4 N–H and O–H groups in total. The number of primary amides is 1. The van der Waals surface area contributed by atoms with Gasteiger partial charge in [-0.3, -0.25) is 9.69 Å². The van der Waals surface area contributed by atoms with E-state index in [1.54, 1.807) is 6.92 Å². The van der Waals surface area contributed by atoms with Crippen LogP contribution in [-0.4, -0.2) is 35.0 Å². The van der Waals surface area contributed by atoms with E-state index in [9.17, 15) is 4.79 Å². The second-order valence-corrected chi connectivity index (χ2v) is 7.35. The van der Waals surface area contributed by atoms with Gasteiger partial charge in [-0.15, -0.1) is 0 Å². The quantitative estimate of drug-likeness (QED) is 0.791. The van der Waals surface area contributed by atoms with E-state index >= 15 is 0 Å². The molecule has 0 aromatic carbocycles. The maximum absolute atomic E-state index is 11.5. The lowest BCUT2D eigenvalue weighted by Crippen LogP contribution is -2.53. The number of nitrogens with zero attached hydrogens (tertiary/aromatic N) is 1. The van der Waals surface area contributed by atoms with Crippen LogP contribution in [-0.2, 0) is 4.79 Å². The van der Waals surface area contributed by atoms with Crippen molar-refractivity contribution in [3.05, 3.63) is 0 Å². The average Bonchev–Trinajstić information content (AvgIpc) is 2.49. The van der Waals surface area contributed by atoms with Crippen LogP contribution < -0.4 is 11.5 Å². The van der Waals surface area contributed by atoms with Crippen molar-refractivity contribution in [1.82, 2.24) is 4.90 Å². The van der Waals surface area contributed by atoms with Crippen molar-refractivity contribution in [1.29, 1.82) is 0 Å². The monoisotopic (exact) mass is 295 g/mol. The molecule has 4 heteroatoms. The molecule has 0 bridgehead atoms. The average molecular weight is 295 g/mol. The molecule has 2 saturated carbocycles. The summed E-state index contributed by atoms with van der Waals surface area (Å²) >= 11 is 0. The van der Waals surface area contributed by atoms with Crippen LogP contribution in [0.2, 0.25) is 0 Å². The zero-order valence-electron chi connectivity index (χ0n) is 13.7. The predicted octanol–water partition coefficient (Wildman–Crippen LogP) is 2.55. The van der Waals surface area contributed by atoms with Gasteiger partial charge in [-0.05, 0) is 39.0 Å². The summed E-state index contributed by atoms with van der Waals surface area (Å²) in [7, 11) is 0. The number of hydrogen-bond acceptors (Lipinski definition) is 3. The molecule has 0 spiro atoms. The van der Waals surface area contributed by atoms with Gasteiger partial charge in [0.2, 0.25) is 5.91 Å². The van der Waals surface area contributed by atoms with Gasteiger partial charge in [-0.25, -0.2) is 0 Å². The van der Waals surface area contributed by atoms with Crippen LogP contribution in [0.4, 0.5) is 0 Å². The number of carbonyl (C=O) groups is 1. The summed E-state index contributed by atoms with van der Waals surface area (Å²) in [6.07, 6.45) is 14.1. The van der Waals surface area contributed by atoms with Crippen LogP contribution in [0.5, 0.6) is 0 Å². The van der Waals surface area contributed by atoms with Crippen LogP contribution in [0, 0.1) is 0 Å². The molecular formula is C17H33N3O. The van der Waals surface area contributed by atoms with Gasteiger partial charge in [0.1, 0.15) is 0 Å². The lowest BCUT2D eigenvalue weighted by molar-refractivity contribution is -0.123. The highest BCUT2D eigenvalue weighted by Crippen LogP contribution is 2.30. The van der Waals surface area contributed by atoms with Crippen LogP contribution in [0.3, 0.4) is 0 Å². The summed E-state index contributed by atoms with van der Waals surface area (Å²) in [5, 5.41) is 0. The molecule has 1 unspecified atom stereocenters. The van der Waals surface area contributed by atoms with E-state index in [1.165, 1.54) is 64.2 Å². The van der Waals surface area contributed by atoms with E-state index in [0.717, 1.165) is 6.54 Å². The van der Waals surface area contributed by atoms with Crippen molar-refractivity contribution in [3.8, 4) is 0 Å². The van der Waals surface area contributed by atoms with Gasteiger partial charge in [0, 0.05) is 18.6 Å². The Morgan fingerprint density at radius 3 is 1.81 bits per heavy atom. The first-order valence-corrected chi connectivity index (χ1v) is 8.85. The van der Waals surface area contributed by atoms with Crippen molar-refractivity contribution < 1.29 is 4.79 Å². The molecular weight excluding hydrogens is 262 g/mol. The Morgan fingerprint density at radius 2 is 1.43 bits per heavy atom. The number of amides is 1. The first-order chi connectivity index (χ1) is 10.0. The standard InChI is InChI=1S/C17H33N3O/c1-17(19,16(18)21)12-13-20(14-8-4-2-5-9-14)15-10-6-3-7-11-15/h14-15H,2-13,19H2,1H3,(H2,18,21). The van der Waals surface area contributed by atoms with Crippen molar-refractivity contribution in [2.75, 3.05) is 6.54 Å². The molecule has 0 aromatic rings. The van der Waals surface area contributed by atoms with E-state index in [2.05, 4.69) is 4.90 Å². The molecule has 122 valence electrons. The fourth-order valence-corrected chi connectivity index (χ4v) is 3.97. The van der Waals surface area contributed by atoms with Gasteiger partial charge in [0.15, 0.2) is 0 Å². The first kappa shape index (κ1) is 16.8. The van der Waals surface area contributed by atoms with Crippen molar-refractivity contribution in [3.63, 3.8) is 0 Å². The molecule has 1 amide bonds. The SMILES string of the molecule is CC(N)(CCN(C1CCCCC1)C1CCCCC1)C(N)=O. The van der Waals surface area contributed by atoms with E-state index in [1.807, 2.05) is 0 Å². The van der Waals surface area contributed by atoms with Crippen LogP contribution in [0.15, 0.2) is 0 Å². The fraction of sp³-hybridized carbons (Fsp3) is 0.941. The molecule has 4 nitrogen and oxygen atoms in total. The lowest BCUT2D eigenvalue weighted by Gasteiger charge is -2.42. The van der Waals surface area contributed by atoms with E-state index < -0.39 is 5.54 Å². The largest absolute Gasteiger partial charge is 0.368 e. The highest BCUT2D eigenvalue weighted by atomic mass is 16.1. The molecule has 2 aliphatic rings. The number of hydrogen-bond donors (Lipinski definition) is 2. The molecule has 0 aromatic heterocycles. The first-order valence-electron chi connectivity index (χ1n) is 8.85. The summed E-state index contributed by atoms with van der Waals surface area (Å²) in [6, 6.07) is 1.40. The zero-order valence-corrected chi connectivity index (χ0v) is 13.7. The number of nitrogens with two attached hydrogens (primary N) is 2. The summed E-state index contributed by atoms with van der Waals surface area (Å²) in [4.78, 5) is 14.2. The fourth-order valence-electron chi connectivity index (χ4n) is 3.97. The van der Waals surface area contributed by atoms with Gasteiger partial charge >= 0.3 is 0 Å². The highest BCUT2D eigenvalue weighted by Gasteiger charge is 2.32. The Kier molecular flexibility index (Phi) is 6.06. The normalized spacial score (nSPS) is 24.9. The summed E-state index contributed by atoms with van der Waals surface area (Å²) in [5.74, 6) is -0.380. The van der Waals surface area contributed by atoms with E-state index in [-0.39, 0.29) is 5.91 Å². The topological polar surface area (TPSA) is 72.3 Å². The maximum Gasteiger partial charge on any atom is 0.237 e. The molecule has 2 rings (SSSR count). The molecule has 21 heavy (non-hydrogen) atoms. The van der Waals surface area contributed by atoms with Crippen LogP contribution in [0.25, 0.3) is 0 Å². The molecule has 0 saturated heterocycles. The van der Waals surface area contributed by atoms with Gasteiger partial charge in [-0.1, -0.05) is 38.5 Å². The van der Waals surface area contributed by atoms with Crippen molar-refractivity contribution in [2.24, 2.45) is 11.5 Å². The third-order valence-corrected chi connectivity index (χ3v) is 5.54. The molecule has 0 heterocycles. The molecule has 0 radical (unpaired) electrons. The van der Waals surface area contributed by atoms with E-state index in [0.29, 0.717) is 18.5 Å². The Balaban J connectivity index is 1.98. The van der Waals surface area contributed by atoms with Crippen molar-refractivity contribution in [2.45, 2.75) is 95.2 Å². The summed E-state index contributed by atoms with van der Waals surface area (Å²) in [5.41, 5.74) is 10.6. The molecule has 2 aliphatic carbocycles. The highest BCUT2D eigenvalue weighted by molar-refractivity contribution is 5.83. The smallest absolute Gasteiger partial charge is 0.237 e.